The smallest absolute Gasteiger partial charge is 0.150 e. The number of benzene rings is 1. The third kappa shape index (κ3) is 3.30. The molecule has 4 rings (SSSR count). The van der Waals surface area contributed by atoms with Crippen LogP contribution in [0.3, 0.4) is 0 Å². The normalized spacial score (nSPS) is 25.6. The van der Waals surface area contributed by atoms with Crippen LogP contribution in [0.4, 0.5) is 5.82 Å². The Kier molecular flexibility index (Phi) is 5.01. The largest absolute Gasteiger partial charge is 0.353 e. The minimum absolute atomic E-state index is 0.885. The van der Waals surface area contributed by atoms with E-state index in [1.54, 1.807) is 11.5 Å². The van der Waals surface area contributed by atoms with E-state index in [2.05, 4.69) is 46.4 Å². The van der Waals surface area contributed by atoms with Crippen LogP contribution in [-0.4, -0.2) is 55.6 Å². The zero-order valence-corrected chi connectivity index (χ0v) is 15.4. The van der Waals surface area contributed by atoms with Crippen molar-refractivity contribution in [3.8, 4) is 0 Å². The first-order valence-corrected chi connectivity index (χ1v) is 10.1. The van der Waals surface area contributed by atoms with Crippen molar-refractivity contribution >= 4 is 27.4 Å². The van der Waals surface area contributed by atoms with Gasteiger partial charge in [0, 0.05) is 38.1 Å². The molecule has 1 aliphatic carbocycles. The molecule has 0 radical (unpaired) electrons. The molecular formula is C19H28N4S. The van der Waals surface area contributed by atoms with E-state index in [1.165, 1.54) is 61.3 Å². The highest BCUT2D eigenvalue weighted by Gasteiger charge is 2.29. The Morgan fingerprint density at radius 3 is 2.75 bits per heavy atom. The molecule has 1 saturated carbocycles. The van der Waals surface area contributed by atoms with E-state index in [1.807, 2.05) is 0 Å². The van der Waals surface area contributed by atoms with Crippen LogP contribution < -0.4 is 10.2 Å². The highest BCUT2D eigenvalue weighted by Crippen LogP contribution is 2.33. The Balaban J connectivity index is 1.35. The van der Waals surface area contributed by atoms with Crippen LogP contribution in [0.2, 0.25) is 0 Å². The molecule has 1 saturated heterocycles. The van der Waals surface area contributed by atoms with Gasteiger partial charge in [-0.1, -0.05) is 18.6 Å². The summed E-state index contributed by atoms with van der Waals surface area (Å²) in [6.07, 6.45) is 4.25. The number of piperazine rings is 1. The zero-order valence-electron chi connectivity index (χ0n) is 14.6. The minimum Gasteiger partial charge on any atom is -0.353 e. The standard InChI is InChI=1S/C19H28N4S/c1-20-13-15-5-4-6-16(15)14-22-9-11-23(12-10-22)19-17-7-2-3-8-18(17)24-21-19/h2-3,7-8,15-16,20H,4-6,9-14H2,1H3. The summed E-state index contributed by atoms with van der Waals surface area (Å²) in [6, 6.07) is 8.61. The molecule has 0 bridgehead atoms. The summed E-state index contributed by atoms with van der Waals surface area (Å²) in [7, 11) is 2.09. The van der Waals surface area contributed by atoms with Crippen LogP contribution in [-0.2, 0) is 0 Å². The Morgan fingerprint density at radius 1 is 1.12 bits per heavy atom. The maximum Gasteiger partial charge on any atom is 0.150 e. The van der Waals surface area contributed by atoms with E-state index in [4.69, 9.17) is 4.37 Å². The predicted octanol–water partition coefficient (Wildman–Crippen LogP) is 3.05. The minimum atomic E-state index is 0.885. The number of rotatable bonds is 5. The Labute approximate surface area is 149 Å². The van der Waals surface area contributed by atoms with Crippen molar-refractivity contribution in [1.82, 2.24) is 14.6 Å². The summed E-state index contributed by atoms with van der Waals surface area (Å²) in [5.41, 5.74) is 0. The molecule has 2 aliphatic rings. The molecule has 1 aliphatic heterocycles. The molecule has 1 aromatic carbocycles. The van der Waals surface area contributed by atoms with Gasteiger partial charge in [0.2, 0.25) is 0 Å². The van der Waals surface area contributed by atoms with E-state index in [0.29, 0.717) is 0 Å². The molecule has 2 atom stereocenters. The van der Waals surface area contributed by atoms with Crippen molar-refractivity contribution in [2.24, 2.45) is 11.8 Å². The number of hydrogen-bond donors (Lipinski definition) is 1. The lowest BCUT2D eigenvalue weighted by atomic mass is 9.95. The second kappa shape index (κ2) is 7.38. The van der Waals surface area contributed by atoms with Crippen molar-refractivity contribution in [2.45, 2.75) is 19.3 Å². The molecule has 2 heterocycles. The lowest BCUT2D eigenvalue weighted by Crippen LogP contribution is -2.48. The fraction of sp³-hybridized carbons (Fsp3) is 0.632. The van der Waals surface area contributed by atoms with E-state index in [-0.39, 0.29) is 0 Å². The number of aromatic nitrogens is 1. The van der Waals surface area contributed by atoms with Gasteiger partial charge in [-0.05, 0) is 61.9 Å². The number of nitrogens with one attached hydrogen (secondary N) is 1. The second-order valence-corrected chi connectivity index (χ2v) is 8.10. The number of fused-ring (bicyclic) bond motifs is 1. The molecule has 4 nitrogen and oxygen atoms in total. The first kappa shape index (κ1) is 16.3. The first-order valence-electron chi connectivity index (χ1n) is 9.31. The highest BCUT2D eigenvalue weighted by molar-refractivity contribution is 7.13. The van der Waals surface area contributed by atoms with E-state index < -0.39 is 0 Å². The van der Waals surface area contributed by atoms with Crippen molar-refractivity contribution < 1.29 is 0 Å². The third-order valence-electron chi connectivity index (χ3n) is 5.81. The quantitative estimate of drug-likeness (QED) is 0.903. The zero-order chi connectivity index (χ0) is 16.4. The Morgan fingerprint density at radius 2 is 1.92 bits per heavy atom. The molecular weight excluding hydrogens is 316 g/mol. The fourth-order valence-corrected chi connectivity index (χ4v) is 5.26. The van der Waals surface area contributed by atoms with Gasteiger partial charge < -0.3 is 10.2 Å². The summed E-state index contributed by atoms with van der Waals surface area (Å²) in [5.74, 6) is 2.98. The van der Waals surface area contributed by atoms with Gasteiger partial charge in [0.1, 0.15) is 5.82 Å². The molecule has 0 amide bonds. The second-order valence-electron chi connectivity index (χ2n) is 7.30. The van der Waals surface area contributed by atoms with Gasteiger partial charge in [-0.15, -0.1) is 0 Å². The van der Waals surface area contributed by atoms with Crippen molar-refractivity contribution in [3.63, 3.8) is 0 Å². The maximum absolute atomic E-state index is 4.72. The van der Waals surface area contributed by atoms with Crippen LogP contribution in [0, 0.1) is 11.8 Å². The van der Waals surface area contributed by atoms with Gasteiger partial charge in [-0.3, -0.25) is 4.90 Å². The van der Waals surface area contributed by atoms with Crippen LogP contribution in [0.25, 0.3) is 10.1 Å². The van der Waals surface area contributed by atoms with Crippen LogP contribution in [0.5, 0.6) is 0 Å². The summed E-state index contributed by atoms with van der Waals surface area (Å²) < 4.78 is 6.03. The lowest BCUT2D eigenvalue weighted by molar-refractivity contribution is 0.194. The van der Waals surface area contributed by atoms with E-state index in [9.17, 15) is 0 Å². The Hall–Kier alpha value is -1.17. The summed E-state index contributed by atoms with van der Waals surface area (Å²) >= 11 is 1.63. The van der Waals surface area contributed by atoms with Crippen molar-refractivity contribution in [1.29, 1.82) is 0 Å². The topological polar surface area (TPSA) is 31.4 Å². The summed E-state index contributed by atoms with van der Waals surface area (Å²) in [5, 5.41) is 4.71. The molecule has 130 valence electrons. The molecule has 2 aromatic rings. The number of anilines is 1. The SMILES string of the molecule is CNCC1CCCC1CN1CCN(c2nsc3ccccc23)CC1. The molecule has 2 fully saturated rings. The molecule has 2 unspecified atom stereocenters. The third-order valence-corrected chi connectivity index (χ3v) is 6.62. The van der Waals surface area contributed by atoms with Crippen molar-refractivity contribution in [3.05, 3.63) is 24.3 Å². The van der Waals surface area contributed by atoms with Gasteiger partial charge in [-0.2, -0.15) is 4.37 Å². The fourth-order valence-electron chi connectivity index (χ4n) is 4.46. The van der Waals surface area contributed by atoms with E-state index in [0.717, 1.165) is 24.9 Å². The van der Waals surface area contributed by atoms with Gasteiger partial charge in [-0.25, -0.2) is 0 Å². The molecule has 5 heteroatoms. The lowest BCUT2D eigenvalue weighted by Gasteiger charge is -2.37. The van der Waals surface area contributed by atoms with Gasteiger partial charge >= 0.3 is 0 Å². The number of nitrogens with zero attached hydrogens (tertiary/aromatic N) is 3. The average molecular weight is 345 g/mol. The summed E-state index contributed by atoms with van der Waals surface area (Å²) in [6.45, 7) is 7.05. The molecule has 24 heavy (non-hydrogen) atoms. The van der Waals surface area contributed by atoms with Crippen LogP contribution in [0.1, 0.15) is 19.3 Å². The first-order chi connectivity index (χ1) is 11.8. The van der Waals surface area contributed by atoms with Gasteiger partial charge in [0.25, 0.3) is 0 Å². The van der Waals surface area contributed by atoms with E-state index >= 15 is 0 Å². The van der Waals surface area contributed by atoms with Crippen LogP contribution in [0.15, 0.2) is 24.3 Å². The average Bonchev–Trinajstić information content (AvgIpc) is 3.23. The predicted molar refractivity (Wildman–Crippen MR) is 103 cm³/mol. The van der Waals surface area contributed by atoms with Gasteiger partial charge in [0.05, 0.1) is 4.70 Å². The monoisotopic (exact) mass is 344 g/mol. The molecule has 1 N–H and O–H groups in total. The Bertz CT molecular complexity index is 662. The highest BCUT2D eigenvalue weighted by atomic mass is 32.1. The summed E-state index contributed by atoms with van der Waals surface area (Å²) in [4.78, 5) is 5.17. The number of hydrogen-bond acceptors (Lipinski definition) is 5. The maximum atomic E-state index is 4.72. The van der Waals surface area contributed by atoms with Gasteiger partial charge in [0.15, 0.2) is 0 Å². The molecule has 0 spiro atoms. The van der Waals surface area contributed by atoms with Crippen molar-refractivity contribution in [2.75, 3.05) is 51.2 Å². The van der Waals surface area contributed by atoms with Crippen LogP contribution >= 0.6 is 11.5 Å². The molecule has 1 aromatic heterocycles.